The van der Waals surface area contributed by atoms with Crippen LogP contribution in [0.15, 0.2) is 18.2 Å². The molecule has 0 spiro atoms. The van der Waals surface area contributed by atoms with Gasteiger partial charge in [-0.3, -0.25) is 14.9 Å². The van der Waals surface area contributed by atoms with Crippen molar-refractivity contribution in [3.63, 3.8) is 0 Å². The third-order valence-electron chi connectivity index (χ3n) is 3.45. The van der Waals surface area contributed by atoms with E-state index in [-0.39, 0.29) is 27.6 Å². The molecule has 1 N–H and O–H groups in total. The number of hydrogen-bond donors (Lipinski definition) is 1. The monoisotopic (exact) mass is 298 g/mol. The fraction of sp³-hybridized carbons (Fsp3) is 0.500. The maximum atomic E-state index is 12.1. The molecule has 1 unspecified atom stereocenters. The molecule has 0 aliphatic carbocycles. The summed E-state index contributed by atoms with van der Waals surface area (Å²) < 4.78 is 0. The predicted octanol–water partition coefficient (Wildman–Crippen LogP) is 3.66. The number of carbonyl (C=O) groups excluding carboxylic acids is 1. The molecule has 1 aromatic rings. The van der Waals surface area contributed by atoms with E-state index in [1.165, 1.54) is 18.2 Å². The zero-order valence-electron chi connectivity index (χ0n) is 12.1. The summed E-state index contributed by atoms with van der Waals surface area (Å²) in [6.45, 7) is 8.79. The molecule has 0 aliphatic heterocycles. The van der Waals surface area contributed by atoms with Crippen LogP contribution in [-0.2, 0) is 0 Å². The number of hydrogen-bond acceptors (Lipinski definition) is 3. The summed E-state index contributed by atoms with van der Waals surface area (Å²) in [4.78, 5) is 22.2. The SMILES string of the molecule is CC(CNC(=O)c1cc([N+](=O)[O-])ccc1Cl)C(C)(C)C. The normalized spacial score (nSPS) is 12.8. The highest BCUT2D eigenvalue weighted by molar-refractivity contribution is 6.33. The van der Waals surface area contributed by atoms with Gasteiger partial charge in [-0.1, -0.05) is 39.3 Å². The van der Waals surface area contributed by atoms with Gasteiger partial charge in [0.2, 0.25) is 0 Å². The van der Waals surface area contributed by atoms with Crippen LogP contribution in [0.5, 0.6) is 0 Å². The van der Waals surface area contributed by atoms with E-state index in [9.17, 15) is 14.9 Å². The molecule has 110 valence electrons. The molecule has 0 saturated carbocycles. The van der Waals surface area contributed by atoms with Crippen molar-refractivity contribution >= 4 is 23.2 Å². The molecule has 5 nitrogen and oxygen atoms in total. The molecule has 0 bridgehead atoms. The van der Waals surface area contributed by atoms with Crippen LogP contribution in [-0.4, -0.2) is 17.4 Å². The zero-order valence-corrected chi connectivity index (χ0v) is 12.8. The molecule has 0 radical (unpaired) electrons. The Balaban J connectivity index is 2.83. The van der Waals surface area contributed by atoms with Gasteiger partial charge in [-0.2, -0.15) is 0 Å². The molecule has 0 aromatic heterocycles. The Kier molecular flexibility index (Phi) is 5.11. The lowest BCUT2D eigenvalue weighted by molar-refractivity contribution is -0.384. The van der Waals surface area contributed by atoms with Crippen LogP contribution in [0.1, 0.15) is 38.1 Å². The van der Waals surface area contributed by atoms with Gasteiger partial charge in [-0.05, 0) is 17.4 Å². The number of nitrogens with one attached hydrogen (secondary N) is 1. The average molecular weight is 299 g/mol. The topological polar surface area (TPSA) is 72.2 Å². The lowest BCUT2D eigenvalue weighted by Crippen LogP contribution is -2.33. The van der Waals surface area contributed by atoms with Crippen molar-refractivity contribution in [1.82, 2.24) is 5.32 Å². The molecule has 0 aliphatic rings. The summed E-state index contributed by atoms with van der Waals surface area (Å²) in [6, 6.07) is 3.83. The van der Waals surface area contributed by atoms with Crippen molar-refractivity contribution < 1.29 is 9.72 Å². The molecular weight excluding hydrogens is 280 g/mol. The first-order valence-electron chi connectivity index (χ1n) is 6.35. The Hall–Kier alpha value is -1.62. The van der Waals surface area contributed by atoms with Crippen LogP contribution in [0.2, 0.25) is 5.02 Å². The highest BCUT2D eigenvalue weighted by Crippen LogP contribution is 2.25. The standard InChI is InChI=1S/C14H19ClN2O3/c1-9(14(2,3)4)8-16-13(18)11-7-10(17(19)20)5-6-12(11)15/h5-7,9H,8H2,1-4H3,(H,16,18). The number of non-ortho nitro benzene ring substituents is 1. The second kappa shape index (κ2) is 6.22. The van der Waals surface area contributed by atoms with E-state index in [1.54, 1.807) is 0 Å². The molecule has 1 amide bonds. The molecule has 1 aromatic carbocycles. The van der Waals surface area contributed by atoms with Crippen molar-refractivity contribution in [3.05, 3.63) is 38.9 Å². The van der Waals surface area contributed by atoms with Crippen molar-refractivity contribution in [2.75, 3.05) is 6.54 Å². The Labute approximate surface area is 123 Å². The fourth-order valence-corrected chi connectivity index (χ4v) is 1.65. The third kappa shape index (κ3) is 4.20. The van der Waals surface area contributed by atoms with Crippen LogP contribution in [0.25, 0.3) is 0 Å². The van der Waals surface area contributed by atoms with Gasteiger partial charge in [0.25, 0.3) is 11.6 Å². The molecule has 1 atom stereocenters. The summed E-state index contributed by atoms with van der Waals surface area (Å²) in [6.07, 6.45) is 0. The van der Waals surface area contributed by atoms with Crippen molar-refractivity contribution in [1.29, 1.82) is 0 Å². The lowest BCUT2D eigenvalue weighted by Gasteiger charge is -2.27. The Morgan fingerprint density at radius 1 is 1.45 bits per heavy atom. The molecule has 1 rings (SSSR count). The van der Waals surface area contributed by atoms with Gasteiger partial charge in [-0.25, -0.2) is 0 Å². The van der Waals surface area contributed by atoms with Crippen LogP contribution in [0, 0.1) is 21.4 Å². The molecule has 20 heavy (non-hydrogen) atoms. The number of carbonyl (C=O) groups is 1. The van der Waals surface area contributed by atoms with E-state index in [1.807, 2.05) is 6.92 Å². The summed E-state index contributed by atoms with van der Waals surface area (Å²) in [5.74, 6) is -0.126. The lowest BCUT2D eigenvalue weighted by atomic mass is 9.82. The second-order valence-corrected chi connectivity index (χ2v) is 6.31. The van der Waals surface area contributed by atoms with E-state index in [0.717, 1.165) is 0 Å². The molecule has 0 saturated heterocycles. The number of nitrogens with zero attached hydrogens (tertiary/aromatic N) is 1. The number of benzene rings is 1. The van der Waals surface area contributed by atoms with Crippen LogP contribution >= 0.6 is 11.6 Å². The number of rotatable bonds is 4. The zero-order chi connectivity index (χ0) is 15.5. The Morgan fingerprint density at radius 2 is 2.05 bits per heavy atom. The van der Waals surface area contributed by atoms with Gasteiger partial charge < -0.3 is 5.32 Å². The van der Waals surface area contributed by atoms with Gasteiger partial charge >= 0.3 is 0 Å². The summed E-state index contributed by atoms with van der Waals surface area (Å²) in [7, 11) is 0. The average Bonchev–Trinajstić information content (AvgIpc) is 2.34. The second-order valence-electron chi connectivity index (χ2n) is 5.90. The molecule has 0 heterocycles. The predicted molar refractivity (Wildman–Crippen MR) is 79.1 cm³/mol. The highest BCUT2D eigenvalue weighted by Gasteiger charge is 2.22. The van der Waals surface area contributed by atoms with Gasteiger partial charge in [0.05, 0.1) is 15.5 Å². The molecule has 0 fully saturated rings. The number of nitro benzene ring substituents is 1. The first-order chi connectivity index (χ1) is 9.12. The number of amides is 1. The summed E-state index contributed by atoms with van der Waals surface area (Å²) in [5, 5.41) is 13.7. The van der Waals surface area contributed by atoms with E-state index in [2.05, 4.69) is 26.1 Å². The van der Waals surface area contributed by atoms with E-state index in [0.29, 0.717) is 6.54 Å². The minimum atomic E-state index is -0.551. The van der Waals surface area contributed by atoms with Crippen LogP contribution in [0.4, 0.5) is 5.69 Å². The molecular formula is C14H19ClN2O3. The number of halogens is 1. The van der Waals surface area contributed by atoms with Gasteiger partial charge in [0.15, 0.2) is 0 Å². The van der Waals surface area contributed by atoms with Crippen LogP contribution < -0.4 is 5.32 Å². The summed E-state index contributed by atoms with van der Waals surface area (Å²) in [5.41, 5.74) is 0.0464. The largest absolute Gasteiger partial charge is 0.352 e. The summed E-state index contributed by atoms with van der Waals surface area (Å²) >= 11 is 5.92. The minimum absolute atomic E-state index is 0.0692. The molecule has 6 heteroatoms. The third-order valence-corrected chi connectivity index (χ3v) is 3.78. The Bertz CT molecular complexity index is 524. The maximum absolute atomic E-state index is 12.1. The van der Waals surface area contributed by atoms with Gasteiger partial charge in [0.1, 0.15) is 0 Å². The van der Waals surface area contributed by atoms with E-state index < -0.39 is 10.8 Å². The fourth-order valence-electron chi connectivity index (χ4n) is 1.45. The Morgan fingerprint density at radius 3 is 2.55 bits per heavy atom. The van der Waals surface area contributed by atoms with Crippen molar-refractivity contribution in [2.45, 2.75) is 27.7 Å². The van der Waals surface area contributed by atoms with Crippen molar-refractivity contribution in [2.24, 2.45) is 11.3 Å². The van der Waals surface area contributed by atoms with Crippen LogP contribution in [0.3, 0.4) is 0 Å². The van der Waals surface area contributed by atoms with Gasteiger partial charge in [-0.15, -0.1) is 0 Å². The first kappa shape index (κ1) is 16.4. The smallest absolute Gasteiger partial charge is 0.270 e. The minimum Gasteiger partial charge on any atom is -0.352 e. The van der Waals surface area contributed by atoms with E-state index >= 15 is 0 Å². The highest BCUT2D eigenvalue weighted by atomic mass is 35.5. The quantitative estimate of drug-likeness (QED) is 0.681. The van der Waals surface area contributed by atoms with Crippen molar-refractivity contribution in [3.8, 4) is 0 Å². The number of nitro groups is 1. The maximum Gasteiger partial charge on any atom is 0.270 e. The first-order valence-corrected chi connectivity index (χ1v) is 6.73. The van der Waals surface area contributed by atoms with Gasteiger partial charge in [0, 0.05) is 18.7 Å². The van der Waals surface area contributed by atoms with E-state index in [4.69, 9.17) is 11.6 Å².